The van der Waals surface area contributed by atoms with E-state index in [1.807, 2.05) is 49.6 Å². The highest BCUT2D eigenvalue weighted by Gasteiger charge is 2.33. The highest BCUT2D eigenvalue weighted by atomic mass is 16.5. The maximum atomic E-state index is 13.3. The summed E-state index contributed by atoms with van der Waals surface area (Å²) < 4.78 is 9.57. The van der Waals surface area contributed by atoms with Crippen molar-refractivity contribution in [2.75, 3.05) is 7.05 Å². The number of carbonyl (C=O) groups is 1. The predicted octanol–water partition coefficient (Wildman–Crippen LogP) is 2.24. The Kier molecular flexibility index (Phi) is 4.43. The van der Waals surface area contributed by atoms with E-state index in [2.05, 4.69) is 15.3 Å². The van der Waals surface area contributed by atoms with Gasteiger partial charge in [0, 0.05) is 31.8 Å². The average molecular weight is 368 g/mol. The number of fused-ring (bicyclic) bond motifs is 2. The third-order valence-electron chi connectivity index (χ3n) is 5.01. The summed E-state index contributed by atoms with van der Waals surface area (Å²) in [6, 6.07) is 5.73. The quantitative estimate of drug-likeness (QED) is 0.706. The first kappa shape index (κ1) is 17.7. The van der Waals surface area contributed by atoms with Crippen molar-refractivity contribution < 1.29 is 9.53 Å². The standard InChI is InChI=1S/C19H24N6O2/c1-5-25-18(14-10-12(2)27-13(3)17(14)22-25)19(26)23(4)11-16-21-20-15-8-6-7-9-24(15)16/h6-9,12-13H,5,10-11H2,1-4H3/t12-,13+/m0/s1. The van der Waals surface area contributed by atoms with Gasteiger partial charge < -0.3 is 9.64 Å². The zero-order valence-electron chi connectivity index (χ0n) is 16.1. The van der Waals surface area contributed by atoms with E-state index in [0.717, 1.165) is 22.7 Å². The number of rotatable bonds is 4. The van der Waals surface area contributed by atoms with Gasteiger partial charge in [0.15, 0.2) is 11.5 Å². The molecule has 3 aromatic heterocycles. The van der Waals surface area contributed by atoms with E-state index in [1.165, 1.54) is 0 Å². The Bertz CT molecular complexity index is 991. The zero-order valence-corrected chi connectivity index (χ0v) is 16.1. The molecule has 8 heteroatoms. The van der Waals surface area contributed by atoms with Crippen LogP contribution in [-0.4, -0.2) is 48.3 Å². The molecule has 4 heterocycles. The van der Waals surface area contributed by atoms with Crippen molar-refractivity contribution in [1.29, 1.82) is 0 Å². The maximum absolute atomic E-state index is 13.3. The first-order valence-electron chi connectivity index (χ1n) is 9.28. The predicted molar refractivity (Wildman–Crippen MR) is 99.4 cm³/mol. The third-order valence-corrected chi connectivity index (χ3v) is 5.01. The van der Waals surface area contributed by atoms with Gasteiger partial charge in [0.05, 0.1) is 24.4 Å². The fourth-order valence-corrected chi connectivity index (χ4v) is 3.73. The number of aryl methyl sites for hydroxylation is 1. The summed E-state index contributed by atoms with van der Waals surface area (Å²) in [6.45, 7) is 7.02. The van der Waals surface area contributed by atoms with Gasteiger partial charge in [0.2, 0.25) is 0 Å². The Balaban J connectivity index is 1.66. The van der Waals surface area contributed by atoms with Gasteiger partial charge in [-0.3, -0.25) is 13.9 Å². The zero-order chi connectivity index (χ0) is 19.1. The maximum Gasteiger partial charge on any atom is 0.272 e. The number of amides is 1. The van der Waals surface area contributed by atoms with Gasteiger partial charge >= 0.3 is 0 Å². The van der Waals surface area contributed by atoms with Crippen molar-refractivity contribution in [2.45, 2.75) is 52.5 Å². The summed E-state index contributed by atoms with van der Waals surface area (Å²) in [5.74, 6) is 0.669. The highest BCUT2D eigenvalue weighted by Crippen LogP contribution is 2.32. The lowest BCUT2D eigenvalue weighted by atomic mass is 9.99. The molecule has 3 aromatic rings. The van der Waals surface area contributed by atoms with E-state index in [1.54, 1.807) is 16.6 Å². The molecule has 0 saturated heterocycles. The van der Waals surface area contributed by atoms with E-state index in [9.17, 15) is 4.79 Å². The molecule has 27 heavy (non-hydrogen) atoms. The van der Waals surface area contributed by atoms with Crippen molar-refractivity contribution >= 4 is 11.6 Å². The second kappa shape index (κ2) is 6.77. The summed E-state index contributed by atoms with van der Waals surface area (Å²) >= 11 is 0. The van der Waals surface area contributed by atoms with Crippen LogP contribution in [-0.2, 0) is 24.2 Å². The van der Waals surface area contributed by atoms with Gasteiger partial charge in [-0.1, -0.05) is 6.07 Å². The number of pyridine rings is 1. The minimum absolute atomic E-state index is 0.0559. The number of aromatic nitrogens is 5. The van der Waals surface area contributed by atoms with Gasteiger partial charge in [-0.25, -0.2) is 0 Å². The van der Waals surface area contributed by atoms with E-state index < -0.39 is 0 Å². The molecule has 0 radical (unpaired) electrons. The lowest BCUT2D eigenvalue weighted by molar-refractivity contribution is -0.00716. The van der Waals surface area contributed by atoms with Crippen molar-refractivity contribution in [3.63, 3.8) is 0 Å². The Morgan fingerprint density at radius 1 is 1.33 bits per heavy atom. The van der Waals surface area contributed by atoms with E-state index in [0.29, 0.717) is 25.2 Å². The summed E-state index contributed by atoms with van der Waals surface area (Å²) in [5.41, 5.74) is 3.31. The van der Waals surface area contributed by atoms with Crippen LogP contribution in [0.15, 0.2) is 24.4 Å². The molecule has 0 bridgehead atoms. The van der Waals surface area contributed by atoms with Crippen molar-refractivity contribution in [1.82, 2.24) is 29.3 Å². The lowest BCUT2D eigenvalue weighted by Crippen LogP contribution is -2.31. The number of carbonyl (C=O) groups excluding carboxylic acids is 1. The monoisotopic (exact) mass is 368 g/mol. The molecule has 1 aliphatic heterocycles. The summed E-state index contributed by atoms with van der Waals surface area (Å²) in [4.78, 5) is 15.0. The first-order chi connectivity index (χ1) is 13.0. The lowest BCUT2D eigenvalue weighted by Gasteiger charge is -2.25. The first-order valence-corrected chi connectivity index (χ1v) is 9.28. The average Bonchev–Trinajstić information content (AvgIpc) is 3.22. The minimum atomic E-state index is -0.103. The number of nitrogens with zero attached hydrogens (tertiary/aromatic N) is 6. The molecule has 0 fully saturated rings. The van der Waals surface area contributed by atoms with Gasteiger partial charge in [-0.05, 0) is 32.9 Å². The van der Waals surface area contributed by atoms with Gasteiger partial charge in [-0.15, -0.1) is 10.2 Å². The van der Waals surface area contributed by atoms with E-state index >= 15 is 0 Å². The Morgan fingerprint density at radius 2 is 2.15 bits per heavy atom. The van der Waals surface area contributed by atoms with Crippen LogP contribution in [0, 0.1) is 0 Å². The second-order valence-electron chi connectivity index (χ2n) is 7.03. The number of hydrogen-bond donors (Lipinski definition) is 0. The van der Waals surface area contributed by atoms with Crippen LogP contribution in [0.5, 0.6) is 0 Å². The van der Waals surface area contributed by atoms with E-state index in [4.69, 9.17) is 4.74 Å². The molecule has 0 aliphatic carbocycles. The molecule has 1 amide bonds. The molecule has 0 N–H and O–H groups in total. The third kappa shape index (κ3) is 2.99. The Hall–Kier alpha value is -2.74. The number of hydrogen-bond acceptors (Lipinski definition) is 5. The van der Waals surface area contributed by atoms with Gasteiger partial charge in [0.25, 0.3) is 5.91 Å². The summed E-state index contributed by atoms with van der Waals surface area (Å²) in [6.07, 6.45) is 2.57. The van der Waals surface area contributed by atoms with Crippen LogP contribution >= 0.6 is 0 Å². The van der Waals surface area contributed by atoms with E-state index in [-0.39, 0.29) is 18.1 Å². The SMILES string of the molecule is CCn1nc2c(c1C(=O)N(C)Cc1nnc3ccccn13)C[C@H](C)O[C@@H]2C. The van der Waals surface area contributed by atoms with Crippen molar-refractivity contribution in [3.05, 3.63) is 47.2 Å². The van der Waals surface area contributed by atoms with Crippen LogP contribution < -0.4 is 0 Å². The van der Waals surface area contributed by atoms with Crippen molar-refractivity contribution in [3.8, 4) is 0 Å². The Morgan fingerprint density at radius 3 is 2.93 bits per heavy atom. The smallest absolute Gasteiger partial charge is 0.272 e. The fourth-order valence-electron chi connectivity index (χ4n) is 3.73. The summed E-state index contributed by atoms with van der Waals surface area (Å²) in [7, 11) is 1.79. The second-order valence-corrected chi connectivity index (χ2v) is 7.03. The molecular formula is C19H24N6O2. The van der Waals surface area contributed by atoms with Crippen molar-refractivity contribution in [2.24, 2.45) is 0 Å². The molecular weight excluding hydrogens is 344 g/mol. The minimum Gasteiger partial charge on any atom is -0.369 e. The Labute approximate surface area is 157 Å². The van der Waals surface area contributed by atoms with Crippen LogP contribution in [0.1, 0.15) is 54.4 Å². The topological polar surface area (TPSA) is 77.6 Å². The molecule has 142 valence electrons. The highest BCUT2D eigenvalue weighted by molar-refractivity contribution is 5.94. The number of ether oxygens (including phenoxy) is 1. The van der Waals surface area contributed by atoms with Crippen LogP contribution in [0.4, 0.5) is 0 Å². The molecule has 0 spiro atoms. The van der Waals surface area contributed by atoms with Gasteiger partial charge in [0.1, 0.15) is 5.69 Å². The van der Waals surface area contributed by atoms with Crippen LogP contribution in [0.3, 0.4) is 0 Å². The summed E-state index contributed by atoms with van der Waals surface area (Å²) in [5, 5.41) is 13.0. The normalized spacial score (nSPS) is 19.3. The molecule has 1 aliphatic rings. The molecule has 4 rings (SSSR count). The molecule has 8 nitrogen and oxygen atoms in total. The molecule has 0 saturated carbocycles. The van der Waals surface area contributed by atoms with Gasteiger partial charge in [-0.2, -0.15) is 5.10 Å². The largest absolute Gasteiger partial charge is 0.369 e. The fraction of sp³-hybridized carbons (Fsp3) is 0.474. The molecule has 0 aromatic carbocycles. The molecule has 2 atom stereocenters. The van der Waals surface area contributed by atoms with Crippen LogP contribution in [0.25, 0.3) is 5.65 Å². The molecule has 0 unspecified atom stereocenters. The van der Waals surface area contributed by atoms with Crippen LogP contribution in [0.2, 0.25) is 0 Å².